The first-order chi connectivity index (χ1) is 28.0. The Hall–Kier alpha value is -2.91. The van der Waals surface area contributed by atoms with Crippen LogP contribution in [0.1, 0.15) is 142 Å². The summed E-state index contributed by atoms with van der Waals surface area (Å²) in [7, 11) is -4.61. The Bertz CT molecular complexity index is 1350. The van der Waals surface area contributed by atoms with Gasteiger partial charge in [0.05, 0.1) is 6.61 Å². The average molecular weight is 839 g/mol. The Labute approximate surface area is 348 Å². The molecule has 0 aromatic rings. The summed E-state index contributed by atoms with van der Waals surface area (Å²) in [4.78, 5) is 25.3. The lowest BCUT2D eigenvalue weighted by atomic mass is 10.00. The Kier molecular flexibility index (Phi) is 32.0. The van der Waals surface area contributed by atoms with Crippen molar-refractivity contribution in [1.82, 2.24) is 0 Å². The molecule has 1 fully saturated rings. The fourth-order valence-corrected chi connectivity index (χ4v) is 6.69. The van der Waals surface area contributed by atoms with Crippen LogP contribution in [0.15, 0.2) is 72.9 Å². The van der Waals surface area contributed by atoms with Crippen molar-refractivity contribution in [3.05, 3.63) is 72.9 Å². The summed E-state index contributed by atoms with van der Waals surface area (Å²) >= 11 is 0. The molecular weight excluding hydrogens is 765 g/mol. The van der Waals surface area contributed by atoms with E-state index in [0.717, 1.165) is 103 Å². The molecule has 1 aliphatic heterocycles. The van der Waals surface area contributed by atoms with Crippen molar-refractivity contribution < 1.29 is 56.8 Å². The SMILES string of the molecule is CC/C=C\C/C=C\C/C=C\CCCCCCCCCC(=O)OC(COC(=O)CCCCC/C=C\C/C=C\C/C=C\CC)COC1OC(CS(=O)(=O)O)C(O)C(O)C1O. The molecule has 1 rings (SSSR count). The van der Waals surface area contributed by atoms with Crippen LogP contribution in [0.4, 0.5) is 0 Å². The number of aliphatic hydroxyl groups excluding tert-OH is 3. The van der Waals surface area contributed by atoms with Gasteiger partial charge in [-0.1, -0.05) is 125 Å². The molecule has 0 bridgehead atoms. The Balaban J connectivity index is 2.49. The number of aliphatic hydroxyl groups is 3. The summed E-state index contributed by atoms with van der Waals surface area (Å²) in [5.41, 5.74) is 0. The van der Waals surface area contributed by atoms with Gasteiger partial charge in [0.2, 0.25) is 0 Å². The van der Waals surface area contributed by atoms with E-state index >= 15 is 0 Å². The van der Waals surface area contributed by atoms with Crippen molar-refractivity contribution in [3.63, 3.8) is 0 Å². The topological polar surface area (TPSA) is 186 Å². The van der Waals surface area contributed by atoms with Gasteiger partial charge in [0.1, 0.15) is 36.8 Å². The number of hydrogen-bond acceptors (Lipinski definition) is 11. The standard InChI is InChI=1S/C45H74O12S/c1-3-5-7-9-11-13-15-17-18-19-20-22-24-26-28-30-32-34-41(47)56-38(36-55-45-44(50)43(49)42(48)39(57-45)37-58(51,52)53)35-54-40(46)33-31-29-27-25-23-21-16-14-12-10-8-6-4-2/h5-8,11-14,17-18,21,23,38-39,42-45,48-50H,3-4,9-10,15-16,19-20,22,24-37H2,1-2H3,(H,51,52,53)/b7-5-,8-6-,13-11-,14-12-,18-17-,23-21-. The van der Waals surface area contributed by atoms with Crippen LogP contribution < -0.4 is 0 Å². The van der Waals surface area contributed by atoms with Gasteiger partial charge in [-0.2, -0.15) is 8.42 Å². The molecular formula is C45H74O12S. The zero-order valence-electron chi connectivity index (χ0n) is 35.1. The van der Waals surface area contributed by atoms with Crippen LogP contribution in [0, 0.1) is 0 Å². The minimum absolute atomic E-state index is 0.142. The van der Waals surface area contributed by atoms with Crippen LogP contribution in [0.5, 0.6) is 0 Å². The molecule has 6 atom stereocenters. The molecule has 0 radical (unpaired) electrons. The number of esters is 2. The average Bonchev–Trinajstić information content (AvgIpc) is 3.18. The lowest BCUT2D eigenvalue weighted by Gasteiger charge is -2.40. The van der Waals surface area contributed by atoms with E-state index in [9.17, 15) is 37.9 Å². The summed E-state index contributed by atoms with van der Waals surface area (Å²) in [6.07, 6.45) is 33.8. The molecule has 1 heterocycles. The predicted octanol–water partition coefficient (Wildman–Crippen LogP) is 8.33. The van der Waals surface area contributed by atoms with Crippen molar-refractivity contribution >= 4 is 22.1 Å². The van der Waals surface area contributed by atoms with Gasteiger partial charge in [-0.25, -0.2) is 0 Å². The summed E-state index contributed by atoms with van der Waals surface area (Å²) < 4.78 is 53.9. The molecule has 13 heteroatoms. The van der Waals surface area contributed by atoms with Crippen molar-refractivity contribution in [2.45, 2.75) is 179 Å². The van der Waals surface area contributed by atoms with Gasteiger partial charge in [-0.3, -0.25) is 14.1 Å². The van der Waals surface area contributed by atoms with Crippen LogP contribution in [0.2, 0.25) is 0 Å². The molecule has 0 saturated carbocycles. The second kappa shape index (κ2) is 34.9. The largest absolute Gasteiger partial charge is 0.462 e. The van der Waals surface area contributed by atoms with Crippen LogP contribution in [0.3, 0.4) is 0 Å². The molecule has 332 valence electrons. The molecule has 1 saturated heterocycles. The second-order valence-electron chi connectivity index (χ2n) is 14.6. The number of carbonyl (C=O) groups is 2. The van der Waals surface area contributed by atoms with Crippen LogP contribution in [-0.4, -0.2) is 96.0 Å². The lowest BCUT2D eigenvalue weighted by molar-refractivity contribution is -0.297. The number of rotatable bonds is 34. The molecule has 6 unspecified atom stereocenters. The molecule has 0 aromatic carbocycles. The Morgan fingerprint density at radius 1 is 0.586 bits per heavy atom. The highest BCUT2D eigenvalue weighted by atomic mass is 32.2. The van der Waals surface area contributed by atoms with E-state index < -0.39 is 71.2 Å². The third kappa shape index (κ3) is 29.3. The van der Waals surface area contributed by atoms with Gasteiger partial charge >= 0.3 is 11.9 Å². The summed E-state index contributed by atoms with van der Waals surface area (Å²) in [5.74, 6) is -2.05. The normalized spacial score (nSPS) is 21.1. The van der Waals surface area contributed by atoms with E-state index in [1.807, 2.05) is 0 Å². The first-order valence-electron chi connectivity index (χ1n) is 21.5. The van der Waals surface area contributed by atoms with Crippen molar-refractivity contribution in [2.75, 3.05) is 19.0 Å². The molecule has 12 nitrogen and oxygen atoms in total. The maximum Gasteiger partial charge on any atom is 0.306 e. The first-order valence-corrected chi connectivity index (χ1v) is 23.1. The summed E-state index contributed by atoms with van der Waals surface area (Å²) in [5, 5.41) is 30.8. The minimum Gasteiger partial charge on any atom is -0.462 e. The minimum atomic E-state index is -4.61. The van der Waals surface area contributed by atoms with Crippen LogP contribution in [-0.2, 0) is 38.7 Å². The smallest absolute Gasteiger partial charge is 0.306 e. The van der Waals surface area contributed by atoms with Gasteiger partial charge in [-0.15, -0.1) is 0 Å². The third-order valence-corrected chi connectivity index (χ3v) is 10.0. The van der Waals surface area contributed by atoms with Crippen molar-refractivity contribution in [2.24, 2.45) is 0 Å². The van der Waals surface area contributed by atoms with E-state index in [4.69, 9.17) is 18.9 Å². The molecule has 4 N–H and O–H groups in total. The van der Waals surface area contributed by atoms with E-state index in [2.05, 4.69) is 86.8 Å². The van der Waals surface area contributed by atoms with Gasteiger partial charge < -0.3 is 34.3 Å². The van der Waals surface area contributed by atoms with E-state index in [1.54, 1.807) is 0 Å². The van der Waals surface area contributed by atoms with Gasteiger partial charge in [-0.05, 0) is 77.0 Å². The maximum atomic E-state index is 12.8. The number of ether oxygens (including phenoxy) is 4. The number of unbranched alkanes of at least 4 members (excludes halogenated alkanes) is 10. The molecule has 1 aliphatic rings. The van der Waals surface area contributed by atoms with E-state index in [-0.39, 0.29) is 19.4 Å². The van der Waals surface area contributed by atoms with E-state index in [0.29, 0.717) is 12.8 Å². The quantitative estimate of drug-likeness (QED) is 0.0210. The molecule has 58 heavy (non-hydrogen) atoms. The maximum absolute atomic E-state index is 12.8. The predicted molar refractivity (Wildman–Crippen MR) is 228 cm³/mol. The van der Waals surface area contributed by atoms with Crippen LogP contribution >= 0.6 is 0 Å². The zero-order chi connectivity index (χ0) is 42.7. The molecule has 0 aliphatic carbocycles. The number of hydrogen-bond donors (Lipinski definition) is 4. The number of allylic oxidation sites excluding steroid dienone is 12. The van der Waals surface area contributed by atoms with E-state index in [1.165, 1.54) is 0 Å². The fraction of sp³-hybridized carbons (Fsp3) is 0.689. The Morgan fingerprint density at radius 3 is 1.55 bits per heavy atom. The molecule has 0 aromatic heterocycles. The monoisotopic (exact) mass is 838 g/mol. The van der Waals surface area contributed by atoms with Gasteiger partial charge in [0.25, 0.3) is 10.1 Å². The third-order valence-electron chi connectivity index (χ3n) is 9.28. The molecule has 0 amide bonds. The zero-order valence-corrected chi connectivity index (χ0v) is 35.9. The van der Waals surface area contributed by atoms with Crippen molar-refractivity contribution in [1.29, 1.82) is 0 Å². The van der Waals surface area contributed by atoms with Crippen LogP contribution in [0.25, 0.3) is 0 Å². The second-order valence-corrected chi connectivity index (χ2v) is 16.1. The Morgan fingerprint density at radius 2 is 1.03 bits per heavy atom. The summed E-state index contributed by atoms with van der Waals surface area (Å²) in [6.45, 7) is 3.48. The highest BCUT2D eigenvalue weighted by molar-refractivity contribution is 7.85. The highest BCUT2D eigenvalue weighted by Gasteiger charge is 2.46. The number of carbonyl (C=O) groups excluding carboxylic acids is 2. The lowest BCUT2D eigenvalue weighted by Crippen LogP contribution is -2.60. The molecule has 0 spiro atoms. The first kappa shape index (κ1) is 53.1. The van der Waals surface area contributed by atoms with Gasteiger partial charge in [0, 0.05) is 12.8 Å². The highest BCUT2D eigenvalue weighted by Crippen LogP contribution is 2.24. The van der Waals surface area contributed by atoms with Gasteiger partial charge in [0.15, 0.2) is 12.4 Å². The van der Waals surface area contributed by atoms with Crippen molar-refractivity contribution in [3.8, 4) is 0 Å². The summed E-state index contributed by atoms with van der Waals surface area (Å²) in [6, 6.07) is 0. The fourth-order valence-electron chi connectivity index (χ4n) is 6.00.